The van der Waals surface area contributed by atoms with Gasteiger partial charge in [-0.2, -0.15) is 0 Å². The van der Waals surface area contributed by atoms with Crippen molar-refractivity contribution < 1.29 is 24.0 Å². The van der Waals surface area contributed by atoms with E-state index in [4.69, 9.17) is 0 Å². The lowest BCUT2D eigenvalue weighted by Crippen LogP contribution is -2.49. The first-order valence-electron chi connectivity index (χ1n) is 15.1. The van der Waals surface area contributed by atoms with Gasteiger partial charge >= 0.3 is 0 Å². The van der Waals surface area contributed by atoms with Gasteiger partial charge in [-0.15, -0.1) is 0 Å². The minimum absolute atomic E-state index is 0.0707. The lowest BCUT2D eigenvalue weighted by atomic mass is 10.0. The van der Waals surface area contributed by atoms with Gasteiger partial charge in [0.05, 0.1) is 35.0 Å². The molecule has 230 valence electrons. The predicted octanol–water partition coefficient (Wildman–Crippen LogP) is 6.05. The number of amides is 5. The van der Waals surface area contributed by atoms with Crippen molar-refractivity contribution in [2.75, 3.05) is 21.7 Å². The molecule has 1 fully saturated rings. The molecule has 0 unspecified atom stereocenters. The summed E-state index contributed by atoms with van der Waals surface area (Å²) in [5.41, 5.74) is 3.75. The quantitative estimate of drug-likeness (QED) is 0.251. The Morgan fingerprint density at radius 1 is 0.739 bits per heavy atom. The maximum atomic E-state index is 14.2. The molecule has 4 aromatic carbocycles. The molecule has 0 spiro atoms. The SMILES string of the molecule is O=C(Nc1ccc(CN2C(=O)[C@H]3CCC[C@H]3N(C(=O)CN3C(=O)c4ccccc4C3=O)c3ccccc32)cc1)c1ccc(Br)cc1. The molecule has 2 atom stereocenters. The number of carbonyl (C=O) groups excluding carboxylic acids is 5. The second-order valence-corrected chi connectivity index (χ2v) is 12.6. The largest absolute Gasteiger partial charge is 0.322 e. The number of fused-ring (bicyclic) bond motifs is 3. The molecule has 46 heavy (non-hydrogen) atoms. The molecule has 1 saturated carbocycles. The summed E-state index contributed by atoms with van der Waals surface area (Å²) in [7, 11) is 0. The van der Waals surface area contributed by atoms with E-state index in [0.29, 0.717) is 35.5 Å². The first kappa shape index (κ1) is 29.6. The van der Waals surface area contributed by atoms with Crippen LogP contribution < -0.4 is 15.1 Å². The van der Waals surface area contributed by atoms with Crippen molar-refractivity contribution in [2.24, 2.45) is 5.92 Å². The molecule has 9 nitrogen and oxygen atoms in total. The van der Waals surface area contributed by atoms with E-state index in [1.807, 2.05) is 48.5 Å². The molecule has 0 bridgehead atoms. The zero-order valence-corrected chi connectivity index (χ0v) is 26.3. The molecule has 5 amide bonds. The fraction of sp³-hybridized carbons (Fsp3) is 0.194. The molecule has 7 rings (SSSR count). The molecular formula is C36H29BrN4O5. The molecule has 2 aliphatic heterocycles. The Bertz CT molecular complexity index is 1860. The van der Waals surface area contributed by atoms with Crippen LogP contribution in [-0.4, -0.2) is 47.0 Å². The Labute approximate surface area is 273 Å². The Hall–Kier alpha value is -5.09. The van der Waals surface area contributed by atoms with Crippen LogP contribution in [0.15, 0.2) is 102 Å². The van der Waals surface area contributed by atoms with Gasteiger partial charge in [0.2, 0.25) is 11.8 Å². The van der Waals surface area contributed by atoms with Crippen molar-refractivity contribution in [3.63, 3.8) is 0 Å². The fourth-order valence-electron chi connectivity index (χ4n) is 6.69. The number of hydrogen-bond acceptors (Lipinski definition) is 5. The zero-order chi connectivity index (χ0) is 31.9. The van der Waals surface area contributed by atoms with Crippen molar-refractivity contribution in [1.82, 2.24) is 4.90 Å². The Balaban J connectivity index is 1.14. The molecule has 0 aromatic heterocycles. The van der Waals surface area contributed by atoms with Gasteiger partial charge < -0.3 is 15.1 Å². The van der Waals surface area contributed by atoms with E-state index >= 15 is 0 Å². The van der Waals surface area contributed by atoms with E-state index in [2.05, 4.69) is 21.2 Å². The van der Waals surface area contributed by atoms with Crippen LogP contribution in [-0.2, 0) is 16.1 Å². The summed E-state index contributed by atoms with van der Waals surface area (Å²) in [5, 5.41) is 2.90. The molecule has 0 radical (unpaired) electrons. The number of anilines is 3. The van der Waals surface area contributed by atoms with Crippen LogP contribution >= 0.6 is 15.9 Å². The van der Waals surface area contributed by atoms with Crippen LogP contribution in [0.4, 0.5) is 17.1 Å². The molecule has 10 heteroatoms. The van der Waals surface area contributed by atoms with Crippen molar-refractivity contribution in [2.45, 2.75) is 31.8 Å². The van der Waals surface area contributed by atoms with Crippen LogP contribution in [0.1, 0.15) is 55.9 Å². The topological polar surface area (TPSA) is 107 Å². The molecule has 2 heterocycles. The fourth-order valence-corrected chi connectivity index (χ4v) is 6.95. The van der Waals surface area contributed by atoms with E-state index in [1.54, 1.807) is 58.3 Å². The van der Waals surface area contributed by atoms with E-state index < -0.39 is 36.2 Å². The first-order valence-corrected chi connectivity index (χ1v) is 15.9. The summed E-state index contributed by atoms with van der Waals surface area (Å²) in [5.74, 6) is -2.11. The van der Waals surface area contributed by atoms with Gasteiger partial charge in [0.15, 0.2) is 0 Å². The van der Waals surface area contributed by atoms with Gasteiger partial charge in [-0.25, -0.2) is 0 Å². The summed E-state index contributed by atoms with van der Waals surface area (Å²) in [6, 6.07) is 27.9. The van der Waals surface area contributed by atoms with Crippen molar-refractivity contribution >= 4 is 62.5 Å². The predicted molar refractivity (Wildman–Crippen MR) is 177 cm³/mol. The van der Waals surface area contributed by atoms with E-state index in [1.165, 1.54) is 0 Å². The highest BCUT2D eigenvalue weighted by atomic mass is 79.9. The normalized spacial score (nSPS) is 18.6. The monoisotopic (exact) mass is 676 g/mol. The van der Waals surface area contributed by atoms with Crippen LogP contribution in [0.3, 0.4) is 0 Å². The average Bonchev–Trinajstić information content (AvgIpc) is 3.62. The third-order valence-corrected chi connectivity index (χ3v) is 9.45. The van der Waals surface area contributed by atoms with E-state index in [-0.39, 0.29) is 29.5 Å². The lowest BCUT2D eigenvalue weighted by Gasteiger charge is -2.31. The standard InChI is InChI=1S/C36H29BrN4O5/c37-24-16-14-23(15-17-24)33(43)38-25-18-12-22(13-19-25)20-39-30-9-3-4-10-31(30)41(29-11-5-8-28(29)36(39)46)32(42)21-40-34(44)26-6-1-2-7-27(26)35(40)45/h1-4,6-7,9-10,12-19,28-29H,5,8,11,20-21H2,(H,38,43)/t28-,29+/m0/s1. The van der Waals surface area contributed by atoms with Crippen LogP contribution in [0, 0.1) is 5.92 Å². The van der Waals surface area contributed by atoms with Crippen LogP contribution in [0.2, 0.25) is 0 Å². The van der Waals surface area contributed by atoms with E-state index in [0.717, 1.165) is 21.4 Å². The maximum Gasteiger partial charge on any atom is 0.262 e. The molecule has 4 aromatic rings. The molecule has 1 N–H and O–H groups in total. The van der Waals surface area contributed by atoms with Gasteiger partial charge in [-0.3, -0.25) is 28.9 Å². The first-order chi connectivity index (χ1) is 22.3. The maximum absolute atomic E-state index is 14.2. The Morgan fingerprint density at radius 2 is 1.37 bits per heavy atom. The van der Waals surface area contributed by atoms with Crippen molar-refractivity contribution in [3.05, 3.63) is 124 Å². The zero-order valence-electron chi connectivity index (χ0n) is 24.7. The van der Waals surface area contributed by atoms with Gasteiger partial charge in [0, 0.05) is 21.8 Å². The minimum atomic E-state index is -0.491. The van der Waals surface area contributed by atoms with Gasteiger partial charge in [-0.05, 0) is 79.1 Å². The molecule has 1 aliphatic carbocycles. The van der Waals surface area contributed by atoms with Gasteiger partial charge in [0.1, 0.15) is 6.54 Å². The second kappa shape index (κ2) is 12.0. The van der Waals surface area contributed by atoms with E-state index in [9.17, 15) is 24.0 Å². The third-order valence-electron chi connectivity index (χ3n) is 8.93. The number of carbonyl (C=O) groups is 5. The van der Waals surface area contributed by atoms with Crippen molar-refractivity contribution in [3.8, 4) is 0 Å². The Morgan fingerprint density at radius 3 is 2.04 bits per heavy atom. The third kappa shape index (κ3) is 5.28. The number of hydrogen-bond donors (Lipinski definition) is 1. The molecule has 3 aliphatic rings. The minimum Gasteiger partial charge on any atom is -0.322 e. The number of rotatable bonds is 6. The number of imide groups is 1. The lowest BCUT2D eigenvalue weighted by molar-refractivity contribution is -0.123. The molecule has 0 saturated heterocycles. The van der Waals surface area contributed by atoms with Crippen molar-refractivity contribution in [1.29, 1.82) is 0 Å². The number of benzene rings is 4. The van der Waals surface area contributed by atoms with Gasteiger partial charge in [0.25, 0.3) is 17.7 Å². The summed E-state index contributed by atoms with van der Waals surface area (Å²) in [4.78, 5) is 71.5. The summed E-state index contributed by atoms with van der Waals surface area (Å²) in [6.07, 6.45) is 2.05. The smallest absolute Gasteiger partial charge is 0.262 e. The van der Waals surface area contributed by atoms with Crippen LogP contribution in [0.5, 0.6) is 0 Å². The highest BCUT2D eigenvalue weighted by molar-refractivity contribution is 9.10. The number of para-hydroxylation sites is 2. The average molecular weight is 678 g/mol. The highest BCUT2D eigenvalue weighted by Crippen LogP contribution is 2.43. The molecular weight excluding hydrogens is 648 g/mol. The summed E-state index contributed by atoms with van der Waals surface area (Å²) < 4.78 is 0.886. The summed E-state index contributed by atoms with van der Waals surface area (Å²) in [6.45, 7) is -0.147. The number of halogens is 1. The highest BCUT2D eigenvalue weighted by Gasteiger charge is 2.47. The number of nitrogens with zero attached hydrogens (tertiary/aromatic N) is 3. The van der Waals surface area contributed by atoms with Gasteiger partial charge in [-0.1, -0.05) is 58.7 Å². The number of nitrogens with one attached hydrogen (secondary N) is 1. The summed E-state index contributed by atoms with van der Waals surface area (Å²) >= 11 is 3.38. The second-order valence-electron chi connectivity index (χ2n) is 11.7. The van der Waals surface area contributed by atoms with Crippen LogP contribution in [0.25, 0.3) is 0 Å². The Kier molecular flexibility index (Phi) is 7.74.